The van der Waals surface area contributed by atoms with E-state index in [2.05, 4.69) is 15.6 Å². The topological polar surface area (TPSA) is 96.3 Å². The number of nitrogens with one attached hydrogen (secondary N) is 2. The third-order valence-electron chi connectivity index (χ3n) is 5.58. The van der Waals surface area contributed by atoms with E-state index < -0.39 is 17.8 Å². The minimum Gasteiger partial charge on any atom is -0.324 e. The maximum absolute atomic E-state index is 12.9. The molecular formula is C25H25N5O3. The lowest BCUT2D eigenvalue weighted by Gasteiger charge is -2.13. The van der Waals surface area contributed by atoms with E-state index in [-0.39, 0.29) is 12.2 Å². The molecule has 3 heterocycles. The third-order valence-corrected chi connectivity index (χ3v) is 5.58. The first-order valence-electron chi connectivity index (χ1n) is 10.7. The first kappa shape index (κ1) is 22.0. The number of aryl methyl sites for hydroxylation is 2. The fourth-order valence-corrected chi connectivity index (χ4v) is 3.93. The van der Waals surface area contributed by atoms with Crippen molar-refractivity contribution in [1.29, 1.82) is 0 Å². The number of aromatic nitrogens is 2. The minimum absolute atomic E-state index is 0.128. The first-order valence-corrected chi connectivity index (χ1v) is 10.7. The van der Waals surface area contributed by atoms with Crippen molar-refractivity contribution in [3.05, 3.63) is 82.9 Å². The molecule has 3 aromatic rings. The Labute approximate surface area is 191 Å². The number of rotatable bonds is 6. The van der Waals surface area contributed by atoms with Crippen LogP contribution in [0.4, 0.5) is 10.5 Å². The summed E-state index contributed by atoms with van der Waals surface area (Å²) in [6.07, 6.45) is 4.10. The van der Waals surface area contributed by atoms with Crippen LogP contribution in [0.3, 0.4) is 0 Å². The number of hydrogen-bond donors (Lipinski definition) is 2. The number of imide groups is 1. The van der Waals surface area contributed by atoms with E-state index in [0.717, 1.165) is 39.7 Å². The third kappa shape index (κ3) is 4.41. The summed E-state index contributed by atoms with van der Waals surface area (Å²) in [6, 6.07) is 14.4. The van der Waals surface area contributed by atoms with Crippen LogP contribution in [0.1, 0.15) is 29.4 Å². The Morgan fingerprint density at radius 2 is 1.88 bits per heavy atom. The molecule has 4 amide bonds. The number of carbonyl (C=O) groups excluding carboxylic acids is 3. The Bertz CT molecular complexity index is 1260. The van der Waals surface area contributed by atoms with Crippen molar-refractivity contribution in [3.8, 4) is 5.82 Å². The van der Waals surface area contributed by atoms with Gasteiger partial charge in [0.1, 0.15) is 18.1 Å². The van der Waals surface area contributed by atoms with Crippen LogP contribution < -0.4 is 10.6 Å². The number of pyridine rings is 1. The van der Waals surface area contributed by atoms with Crippen molar-refractivity contribution in [3.63, 3.8) is 0 Å². The van der Waals surface area contributed by atoms with E-state index >= 15 is 0 Å². The molecule has 1 aromatic carbocycles. The lowest BCUT2D eigenvalue weighted by Crippen LogP contribution is -2.38. The van der Waals surface area contributed by atoms with Crippen molar-refractivity contribution in [1.82, 2.24) is 19.8 Å². The molecule has 0 spiro atoms. The number of carbonyl (C=O) groups is 3. The van der Waals surface area contributed by atoms with E-state index in [1.807, 2.05) is 67.8 Å². The van der Waals surface area contributed by atoms with Crippen LogP contribution >= 0.6 is 0 Å². The molecule has 2 N–H and O–H groups in total. The van der Waals surface area contributed by atoms with Crippen LogP contribution in [0.5, 0.6) is 0 Å². The van der Waals surface area contributed by atoms with Crippen molar-refractivity contribution >= 4 is 29.6 Å². The van der Waals surface area contributed by atoms with Crippen LogP contribution in [0.25, 0.3) is 11.9 Å². The zero-order valence-corrected chi connectivity index (χ0v) is 18.8. The van der Waals surface area contributed by atoms with Gasteiger partial charge in [-0.2, -0.15) is 0 Å². The smallest absolute Gasteiger partial charge is 0.324 e. The molecule has 8 nitrogen and oxygen atoms in total. The average Bonchev–Trinajstić information content (AvgIpc) is 3.23. The van der Waals surface area contributed by atoms with E-state index in [0.29, 0.717) is 5.69 Å². The predicted octanol–water partition coefficient (Wildman–Crippen LogP) is 3.58. The van der Waals surface area contributed by atoms with Crippen molar-refractivity contribution in [2.45, 2.75) is 27.2 Å². The number of nitrogens with zero attached hydrogens (tertiary/aromatic N) is 3. The molecule has 1 aliphatic heterocycles. The fraction of sp³-hybridized carbons (Fsp3) is 0.200. The highest BCUT2D eigenvalue weighted by Crippen LogP contribution is 2.23. The van der Waals surface area contributed by atoms with Gasteiger partial charge in [0, 0.05) is 23.3 Å². The quantitative estimate of drug-likeness (QED) is 0.450. The normalized spacial score (nSPS) is 14.6. The Morgan fingerprint density at radius 1 is 1.12 bits per heavy atom. The van der Waals surface area contributed by atoms with Gasteiger partial charge in [-0.25, -0.2) is 14.7 Å². The molecule has 0 aliphatic carbocycles. The summed E-state index contributed by atoms with van der Waals surface area (Å²) in [4.78, 5) is 43.1. The van der Waals surface area contributed by atoms with Gasteiger partial charge in [-0.3, -0.25) is 9.59 Å². The van der Waals surface area contributed by atoms with E-state index in [9.17, 15) is 14.4 Å². The number of hydrogen-bond acceptors (Lipinski definition) is 4. The standard InChI is InChI=1S/C25H25N5O3/c1-4-18-9-5-6-10-20(18)27-23(31)15-29-24(32)21(28-25(29)33)14-19-13-16(2)30(17(19)3)22-11-7-8-12-26-22/h5-14H,4,15H2,1-3H3,(H,27,31)(H,28,33). The Hall–Kier alpha value is -4.20. The predicted molar refractivity (Wildman–Crippen MR) is 126 cm³/mol. The van der Waals surface area contributed by atoms with Crippen molar-refractivity contribution < 1.29 is 14.4 Å². The Balaban J connectivity index is 1.52. The molecule has 2 aromatic heterocycles. The van der Waals surface area contributed by atoms with Gasteiger partial charge in [-0.05, 0) is 61.7 Å². The van der Waals surface area contributed by atoms with E-state index in [1.165, 1.54) is 0 Å². The van der Waals surface area contributed by atoms with Gasteiger partial charge in [-0.1, -0.05) is 31.2 Å². The summed E-state index contributed by atoms with van der Waals surface area (Å²) >= 11 is 0. The first-order chi connectivity index (χ1) is 15.9. The molecule has 0 radical (unpaired) electrons. The highest BCUT2D eigenvalue weighted by molar-refractivity contribution is 6.16. The molecule has 8 heteroatoms. The molecule has 0 atom stereocenters. The van der Waals surface area contributed by atoms with Crippen LogP contribution in [0.2, 0.25) is 0 Å². The fourth-order valence-electron chi connectivity index (χ4n) is 3.93. The average molecular weight is 444 g/mol. The maximum Gasteiger partial charge on any atom is 0.329 e. The molecule has 0 unspecified atom stereocenters. The van der Waals surface area contributed by atoms with Crippen molar-refractivity contribution in [2.75, 3.05) is 11.9 Å². The highest BCUT2D eigenvalue weighted by Gasteiger charge is 2.35. The zero-order valence-electron chi connectivity index (χ0n) is 18.8. The molecule has 1 aliphatic rings. The number of para-hydroxylation sites is 1. The monoisotopic (exact) mass is 443 g/mol. The van der Waals surface area contributed by atoms with Crippen LogP contribution in [0, 0.1) is 13.8 Å². The summed E-state index contributed by atoms with van der Waals surface area (Å²) in [5.41, 5.74) is 4.39. The van der Waals surface area contributed by atoms with E-state index in [4.69, 9.17) is 0 Å². The number of anilines is 1. The van der Waals surface area contributed by atoms with Crippen LogP contribution in [-0.2, 0) is 16.0 Å². The number of urea groups is 1. The van der Waals surface area contributed by atoms with Gasteiger partial charge in [0.05, 0.1) is 0 Å². The highest BCUT2D eigenvalue weighted by atomic mass is 16.2. The van der Waals surface area contributed by atoms with Crippen molar-refractivity contribution in [2.24, 2.45) is 0 Å². The molecule has 33 heavy (non-hydrogen) atoms. The molecule has 0 bridgehead atoms. The lowest BCUT2D eigenvalue weighted by atomic mass is 10.1. The second-order valence-corrected chi connectivity index (χ2v) is 7.79. The summed E-state index contributed by atoms with van der Waals surface area (Å²) in [7, 11) is 0. The second kappa shape index (κ2) is 9.12. The molecular weight excluding hydrogens is 418 g/mol. The summed E-state index contributed by atoms with van der Waals surface area (Å²) in [6.45, 7) is 5.49. The minimum atomic E-state index is -0.622. The van der Waals surface area contributed by atoms with Crippen LogP contribution in [-0.4, -0.2) is 38.8 Å². The number of benzene rings is 1. The lowest BCUT2D eigenvalue weighted by molar-refractivity contribution is -0.127. The van der Waals surface area contributed by atoms with Gasteiger partial charge in [0.25, 0.3) is 5.91 Å². The largest absolute Gasteiger partial charge is 0.329 e. The Kier molecular flexibility index (Phi) is 6.08. The van der Waals surface area contributed by atoms with Crippen LogP contribution in [0.15, 0.2) is 60.4 Å². The van der Waals surface area contributed by atoms with Gasteiger partial charge >= 0.3 is 6.03 Å². The zero-order chi connectivity index (χ0) is 23.5. The maximum atomic E-state index is 12.9. The summed E-state index contributed by atoms with van der Waals surface area (Å²) in [5, 5.41) is 5.37. The van der Waals surface area contributed by atoms with Gasteiger partial charge in [0.2, 0.25) is 5.91 Å². The van der Waals surface area contributed by atoms with Gasteiger partial charge in [0.15, 0.2) is 0 Å². The summed E-state index contributed by atoms with van der Waals surface area (Å²) in [5.74, 6) is -0.208. The molecule has 0 saturated carbocycles. The van der Waals surface area contributed by atoms with Gasteiger partial charge in [-0.15, -0.1) is 0 Å². The molecule has 1 saturated heterocycles. The van der Waals surface area contributed by atoms with Gasteiger partial charge < -0.3 is 15.2 Å². The molecule has 4 rings (SSSR count). The molecule has 168 valence electrons. The second-order valence-electron chi connectivity index (χ2n) is 7.79. The Morgan fingerprint density at radius 3 is 2.61 bits per heavy atom. The number of amides is 4. The molecule has 1 fully saturated rings. The SMILES string of the molecule is CCc1ccccc1NC(=O)CN1C(=O)NC(=Cc2cc(C)n(-c3ccccn3)c2C)C1=O. The summed E-state index contributed by atoms with van der Waals surface area (Å²) < 4.78 is 1.98. The van der Waals surface area contributed by atoms with E-state index in [1.54, 1.807) is 18.3 Å².